The molecule has 0 saturated carbocycles. The lowest BCUT2D eigenvalue weighted by atomic mass is 10.1. The van der Waals surface area contributed by atoms with E-state index in [1.165, 1.54) is 0 Å². The molecule has 0 radical (unpaired) electrons. The molecular weight excluding hydrogens is 197 g/mol. The molecule has 0 fully saturated rings. The van der Waals surface area contributed by atoms with E-state index in [1.807, 2.05) is 0 Å². The van der Waals surface area contributed by atoms with Crippen molar-refractivity contribution in [3.8, 4) is 0 Å². The quantitative estimate of drug-likeness (QED) is 0.748. The molecule has 0 aromatic rings. The van der Waals surface area contributed by atoms with Crippen molar-refractivity contribution in [3.63, 3.8) is 0 Å². The summed E-state index contributed by atoms with van der Waals surface area (Å²) in [7, 11) is -4.11. The standard InChI is InChI=1S/C7H14FNO3S/c1-5(2)4-7(10)9-13(11,12)6(3)8/h5-6H,4H2,1-3H3,(H,9,10). The molecule has 1 unspecified atom stereocenters. The molecule has 1 amide bonds. The molecule has 0 aliphatic heterocycles. The van der Waals surface area contributed by atoms with Crippen LogP contribution in [-0.2, 0) is 14.8 Å². The summed E-state index contributed by atoms with van der Waals surface area (Å²) in [5.41, 5.74) is -2.07. The highest BCUT2D eigenvalue weighted by molar-refractivity contribution is 7.90. The average molecular weight is 211 g/mol. The van der Waals surface area contributed by atoms with Crippen molar-refractivity contribution in [2.24, 2.45) is 5.92 Å². The van der Waals surface area contributed by atoms with Crippen LogP contribution in [0.2, 0.25) is 0 Å². The number of amides is 1. The monoisotopic (exact) mass is 211 g/mol. The van der Waals surface area contributed by atoms with Crippen LogP contribution in [0.3, 0.4) is 0 Å². The van der Waals surface area contributed by atoms with E-state index in [0.29, 0.717) is 0 Å². The third kappa shape index (κ3) is 4.82. The molecule has 0 saturated heterocycles. The zero-order valence-corrected chi connectivity index (χ0v) is 8.69. The van der Waals surface area contributed by atoms with Crippen LogP contribution in [0.1, 0.15) is 27.2 Å². The second kappa shape index (κ2) is 4.55. The SMILES string of the molecule is CC(C)CC(=O)NS(=O)(=O)C(C)F. The fourth-order valence-electron chi connectivity index (χ4n) is 0.652. The normalized spacial score (nSPS) is 14.2. The number of hydrogen-bond donors (Lipinski definition) is 1. The molecular formula is C7H14FNO3S. The van der Waals surface area contributed by atoms with Crippen LogP contribution in [0.5, 0.6) is 0 Å². The van der Waals surface area contributed by atoms with Crippen molar-refractivity contribution in [2.75, 3.05) is 0 Å². The van der Waals surface area contributed by atoms with Gasteiger partial charge in [-0.05, 0) is 12.8 Å². The molecule has 0 aromatic heterocycles. The molecule has 0 bridgehead atoms. The highest BCUT2D eigenvalue weighted by atomic mass is 32.2. The number of alkyl halides is 1. The Hall–Kier alpha value is -0.650. The molecule has 4 nitrogen and oxygen atoms in total. The van der Waals surface area contributed by atoms with Crippen molar-refractivity contribution in [3.05, 3.63) is 0 Å². The Balaban J connectivity index is 4.22. The van der Waals surface area contributed by atoms with Crippen LogP contribution < -0.4 is 4.72 Å². The van der Waals surface area contributed by atoms with Crippen molar-refractivity contribution in [2.45, 2.75) is 32.7 Å². The first-order valence-electron chi connectivity index (χ1n) is 3.94. The van der Waals surface area contributed by atoms with Crippen LogP contribution in [0.4, 0.5) is 4.39 Å². The summed E-state index contributed by atoms with van der Waals surface area (Å²) in [5.74, 6) is -0.621. The molecule has 0 rings (SSSR count). The van der Waals surface area contributed by atoms with Gasteiger partial charge >= 0.3 is 0 Å². The van der Waals surface area contributed by atoms with Gasteiger partial charge in [0.15, 0.2) is 0 Å². The van der Waals surface area contributed by atoms with Gasteiger partial charge in [0.05, 0.1) is 0 Å². The molecule has 13 heavy (non-hydrogen) atoms. The third-order valence-corrected chi connectivity index (χ3v) is 2.64. The number of rotatable bonds is 4. The lowest BCUT2D eigenvalue weighted by molar-refractivity contribution is -0.120. The first kappa shape index (κ1) is 12.3. The van der Waals surface area contributed by atoms with Crippen molar-refractivity contribution in [1.29, 1.82) is 0 Å². The minimum atomic E-state index is -4.11. The van der Waals surface area contributed by atoms with Gasteiger partial charge in [0.25, 0.3) is 10.0 Å². The van der Waals surface area contributed by atoms with Gasteiger partial charge in [-0.2, -0.15) is 0 Å². The van der Waals surface area contributed by atoms with E-state index in [4.69, 9.17) is 0 Å². The molecule has 6 heteroatoms. The second-order valence-electron chi connectivity index (χ2n) is 3.21. The Labute approximate surface area is 77.6 Å². The van der Waals surface area contributed by atoms with E-state index in [9.17, 15) is 17.6 Å². The summed E-state index contributed by atoms with van der Waals surface area (Å²) in [6.07, 6.45) is 0.0753. The molecule has 0 aromatic carbocycles. The number of halogens is 1. The molecule has 0 heterocycles. The lowest BCUT2D eigenvalue weighted by Gasteiger charge is -2.08. The minimum absolute atomic E-state index is 0.0464. The maximum Gasteiger partial charge on any atom is 0.267 e. The molecule has 1 N–H and O–H groups in total. The van der Waals surface area contributed by atoms with E-state index in [1.54, 1.807) is 18.6 Å². The van der Waals surface area contributed by atoms with Crippen molar-refractivity contribution >= 4 is 15.9 Å². The van der Waals surface area contributed by atoms with Crippen LogP contribution in [0.25, 0.3) is 0 Å². The number of hydrogen-bond acceptors (Lipinski definition) is 3. The topological polar surface area (TPSA) is 63.2 Å². The summed E-state index contributed by atoms with van der Waals surface area (Å²) in [6.45, 7) is 4.40. The highest BCUT2D eigenvalue weighted by Crippen LogP contribution is 2.02. The zero-order chi connectivity index (χ0) is 10.6. The van der Waals surface area contributed by atoms with Crippen molar-refractivity contribution < 1.29 is 17.6 Å². The van der Waals surface area contributed by atoms with Crippen molar-refractivity contribution in [1.82, 2.24) is 4.72 Å². The van der Waals surface area contributed by atoms with Crippen LogP contribution in [0, 0.1) is 5.92 Å². The van der Waals surface area contributed by atoms with Gasteiger partial charge in [0, 0.05) is 6.42 Å². The number of nitrogens with one attached hydrogen (secondary N) is 1. The predicted octanol–water partition coefficient (Wildman–Crippen LogP) is 0.794. The Kier molecular flexibility index (Phi) is 4.32. The van der Waals surface area contributed by atoms with Gasteiger partial charge in [-0.3, -0.25) is 9.52 Å². The van der Waals surface area contributed by atoms with Crippen LogP contribution in [-0.4, -0.2) is 19.8 Å². The Morgan fingerprint density at radius 1 is 1.38 bits per heavy atom. The Morgan fingerprint density at radius 3 is 2.15 bits per heavy atom. The zero-order valence-electron chi connectivity index (χ0n) is 7.87. The predicted molar refractivity (Wildman–Crippen MR) is 47.1 cm³/mol. The third-order valence-electron chi connectivity index (χ3n) is 1.28. The fourth-order valence-corrected chi connectivity index (χ4v) is 1.22. The number of sulfonamides is 1. The van der Waals surface area contributed by atoms with E-state index in [-0.39, 0.29) is 12.3 Å². The molecule has 0 aliphatic rings. The van der Waals surface area contributed by atoms with E-state index < -0.39 is 21.4 Å². The molecule has 0 aliphatic carbocycles. The lowest BCUT2D eigenvalue weighted by Crippen LogP contribution is -2.35. The van der Waals surface area contributed by atoms with Gasteiger partial charge in [-0.15, -0.1) is 0 Å². The smallest absolute Gasteiger partial charge is 0.267 e. The van der Waals surface area contributed by atoms with Gasteiger partial charge in [0.2, 0.25) is 11.4 Å². The molecule has 1 atom stereocenters. The summed E-state index contributed by atoms with van der Waals surface area (Å²) in [4.78, 5) is 10.9. The van der Waals surface area contributed by atoms with E-state index >= 15 is 0 Å². The van der Waals surface area contributed by atoms with Crippen LogP contribution in [0.15, 0.2) is 0 Å². The first-order chi connectivity index (χ1) is 5.75. The Morgan fingerprint density at radius 2 is 1.85 bits per heavy atom. The van der Waals surface area contributed by atoms with Gasteiger partial charge in [0.1, 0.15) is 0 Å². The van der Waals surface area contributed by atoms with Gasteiger partial charge in [-0.25, -0.2) is 12.8 Å². The summed E-state index contributed by atoms with van der Waals surface area (Å²) >= 11 is 0. The molecule has 0 spiro atoms. The minimum Gasteiger partial charge on any atom is -0.274 e. The van der Waals surface area contributed by atoms with Gasteiger partial charge < -0.3 is 0 Å². The maximum atomic E-state index is 12.4. The Bertz CT molecular complexity index is 271. The van der Waals surface area contributed by atoms with E-state index in [0.717, 1.165) is 6.92 Å². The summed E-state index contributed by atoms with van der Waals surface area (Å²) in [5, 5.41) is 0. The number of carbonyl (C=O) groups is 1. The van der Waals surface area contributed by atoms with E-state index in [2.05, 4.69) is 0 Å². The van der Waals surface area contributed by atoms with Crippen LogP contribution >= 0.6 is 0 Å². The summed E-state index contributed by atoms with van der Waals surface area (Å²) in [6, 6.07) is 0. The maximum absolute atomic E-state index is 12.4. The fraction of sp³-hybridized carbons (Fsp3) is 0.857. The second-order valence-corrected chi connectivity index (χ2v) is 5.15. The first-order valence-corrected chi connectivity index (χ1v) is 5.49. The van der Waals surface area contributed by atoms with Gasteiger partial charge in [-0.1, -0.05) is 13.8 Å². The largest absolute Gasteiger partial charge is 0.274 e. The average Bonchev–Trinajstić information content (AvgIpc) is 1.82. The summed E-state index contributed by atoms with van der Waals surface area (Å²) < 4.78 is 35.7. The number of carbonyl (C=O) groups excluding carboxylic acids is 1. The molecule has 78 valence electrons. The highest BCUT2D eigenvalue weighted by Gasteiger charge is 2.22.